The number of esters is 1. The summed E-state index contributed by atoms with van der Waals surface area (Å²) in [6.07, 6.45) is 0.0284. The topological polar surface area (TPSA) is 95.7 Å². The minimum atomic E-state index is -1.66. The molecule has 0 rings (SSSR count). The zero-order chi connectivity index (χ0) is 12.6. The van der Waals surface area contributed by atoms with E-state index in [1.165, 1.54) is 7.11 Å². The van der Waals surface area contributed by atoms with Gasteiger partial charge >= 0.3 is 19.8 Å². The molecule has 0 fully saturated rings. The Balaban J connectivity index is 4.19. The minimum Gasteiger partial charge on any atom is -0.461 e. The van der Waals surface area contributed by atoms with Gasteiger partial charge in [0.1, 0.15) is 0 Å². The molecule has 0 aliphatic carbocycles. The molecule has 0 radical (unpaired) electrons. The molecule has 2 unspecified atom stereocenters. The van der Waals surface area contributed by atoms with Crippen molar-refractivity contribution in [3.63, 3.8) is 0 Å². The zero-order valence-corrected chi connectivity index (χ0v) is 10.1. The van der Waals surface area contributed by atoms with Crippen LogP contribution in [-0.4, -0.2) is 43.2 Å². The summed E-state index contributed by atoms with van der Waals surface area (Å²) in [5, 5.41) is 10.6. The summed E-state index contributed by atoms with van der Waals surface area (Å²) < 4.78 is 20.4. The first kappa shape index (κ1) is 14.9. The van der Waals surface area contributed by atoms with Crippen molar-refractivity contribution in [1.82, 2.24) is 0 Å². The first-order chi connectivity index (χ1) is 7.52. The summed E-state index contributed by atoms with van der Waals surface area (Å²) >= 11 is 0. The van der Waals surface area contributed by atoms with Crippen molar-refractivity contribution in [2.24, 2.45) is 0 Å². The van der Waals surface area contributed by atoms with Crippen LogP contribution >= 0.6 is 7.80 Å². The van der Waals surface area contributed by atoms with Crippen molar-refractivity contribution in [2.75, 3.05) is 26.2 Å². The van der Waals surface area contributed by atoms with Gasteiger partial charge in [0.05, 0.1) is 13.0 Å². The number of rotatable bonds is 8. The molecule has 92 valence electrons. The molecule has 0 spiro atoms. The molecule has 0 saturated heterocycles. The largest absolute Gasteiger partial charge is 0.461 e. The van der Waals surface area contributed by atoms with Gasteiger partial charge in [-0.3, -0.25) is 10.1 Å². The molecular formula is C8H15NO6P+. The van der Waals surface area contributed by atoms with Gasteiger partial charge in [-0.15, -0.1) is 0 Å². The molecule has 0 saturated carbocycles. The number of nitrogens with zero attached hydrogens (tertiary/aromatic N) is 1. The average molecular weight is 252 g/mol. The van der Waals surface area contributed by atoms with E-state index >= 15 is 0 Å². The van der Waals surface area contributed by atoms with E-state index in [0.717, 1.165) is 0 Å². The summed E-state index contributed by atoms with van der Waals surface area (Å²) in [7, 11) is -0.264. The molecule has 0 aliphatic rings. The lowest BCUT2D eigenvalue weighted by atomic mass is 10.2. The van der Waals surface area contributed by atoms with Gasteiger partial charge in [-0.2, -0.15) is 0 Å². The molecule has 0 aromatic carbocycles. The molecule has 7 nitrogen and oxygen atoms in total. The molecule has 0 bridgehead atoms. The first-order valence-corrected chi connectivity index (χ1v) is 6.37. The zero-order valence-electron chi connectivity index (χ0n) is 9.25. The maximum atomic E-state index is 11.2. The number of hydrogen-bond acceptors (Lipinski definition) is 6. The highest BCUT2D eigenvalue weighted by atomic mass is 31.1. The fraction of sp³-hybridized carbons (Fsp3) is 0.875. The molecule has 0 aliphatic heterocycles. The lowest BCUT2D eigenvalue weighted by Gasteiger charge is -2.05. The number of methoxy groups -OCH3 is 1. The number of hydrogen-bond donors (Lipinski definition) is 0. The smallest absolute Gasteiger partial charge is 0.381 e. The van der Waals surface area contributed by atoms with Crippen LogP contribution in [0.5, 0.6) is 0 Å². The van der Waals surface area contributed by atoms with Crippen LogP contribution in [0.1, 0.15) is 13.3 Å². The minimum absolute atomic E-state index is 0.0442. The van der Waals surface area contributed by atoms with Gasteiger partial charge < -0.3 is 9.47 Å². The number of nitro groups is 1. The van der Waals surface area contributed by atoms with E-state index in [1.807, 2.05) is 0 Å². The monoisotopic (exact) mass is 252 g/mol. The van der Waals surface area contributed by atoms with E-state index in [-0.39, 0.29) is 25.5 Å². The highest BCUT2D eigenvalue weighted by Gasteiger charge is 2.34. The van der Waals surface area contributed by atoms with Gasteiger partial charge in [0.2, 0.25) is 6.35 Å². The second kappa shape index (κ2) is 8.13. The third-order valence-electron chi connectivity index (χ3n) is 1.74. The van der Waals surface area contributed by atoms with E-state index in [9.17, 15) is 19.5 Å². The second-order valence-electron chi connectivity index (χ2n) is 2.97. The molecule has 0 amide bonds. The second-order valence-corrected chi connectivity index (χ2v) is 4.63. The maximum Gasteiger partial charge on any atom is 0.381 e. The van der Waals surface area contributed by atoms with Crippen LogP contribution < -0.4 is 0 Å². The van der Waals surface area contributed by atoms with Gasteiger partial charge in [0, 0.05) is 12.0 Å². The molecule has 0 N–H and O–H groups in total. The van der Waals surface area contributed by atoms with E-state index < -0.39 is 24.7 Å². The summed E-state index contributed by atoms with van der Waals surface area (Å²) in [6.45, 7) is 1.66. The lowest BCUT2D eigenvalue weighted by molar-refractivity contribution is -0.510. The van der Waals surface area contributed by atoms with E-state index in [2.05, 4.69) is 9.47 Å². The molecule has 0 heterocycles. The highest BCUT2D eigenvalue weighted by molar-refractivity contribution is 7.44. The Morgan fingerprint density at radius 2 is 2.19 bits per heavy atom. The normalized spacial score (nSPS) is 13.0. The standard InChI is InChI=1S/C8H15NO6P/c1-3-15-8(10)7(9(11)12)4-5-16(13)6-14-2/h7H,3-6H2,1-2H3/q+1. The van der Waals surface area contributed by atoms with Crippen LogP contribution in [0.2, 0.25) is 0 Å². The van der Waals surface area contributed by atoms with Crippen LogP contribution in [0.3, 0.4) is 0 Å². The number of carbonyl (C=O) groups is 1. The van der Waals surface area contributed by atoms with Crippen molar-refractivity contribution in [3.05, 3.63) is 10.1 Å². The Bertz CT molecular complexity index is 269. The Morgan fingerprint density at radius 3 is 2.62 bits per heavy atom. The van der Waals surface area contributed by atoms with Crippen LogP contribution in [-0.2, 0) is 18.8 Å². The van der Waals surface area contributed by atoms with Crippen LogP contribution in [0, 0.1) is 10.1 Å². The molecule has 2 atom stereocenters. The number of carbonyl (C=O) groups excluding carboxylic acids is 1. The van der Waals surface area contributed by atoms with Gasteiger partial charge in [-0.1, -0.05) is 4.57 Å². The van der Waals surface area contributed by atoms with Crippen LogP contribution in [0.25, 0.3) is 0 Å². The van der Waals surface area contributed by atoms with Crippen molar-refractivity contribution < 1.29 is 23.8 Å². The Kier molecular flexibility index (Phi) is 7.58. The average Bonchev–Trinajstić information content (AvgIpc) is 2.18. The lowest BCUT2D eigenvalue weighted by Crippen LogP contribution is -2.32. The fourth-order valence-corrected chi connectivity index (χ4v) is 1.97. The van der Waals surface area contributed by atoms with Crippen molar-refractivity contribution in [1.29, 1.82) is 0 Å². The van der Waals surface area contributed by atoms with Crippen molar-refractivity contribution >= 4 is 13.8 Å². The predicted octanol–water partition coefficient (Wildman–Crippen LogP) is 1.02. The molecule has 8 heteroatoms. The fourth-order valence-electron chi connectivity index (χ4n) is 1.02. The third-order valence-corrected chi connectivity index (χ3v) is 3.04. The molecular weight excluding hydrogens is 237 g/mol. The van der Waals surface area contributed by atoms with Gasteiger partial charge in [-0.25, -0.2) is 4.79 Å². The molecule has 16 heavy (non-hydrogen) atoms. The Labute approximate surface area is 94.0 Å². The quantitative estimate of drug-likeness (QED) is 0.277. The summed E-state index contributed by atoms with van der Waals surface area (Å²) in [5.74, 6) is -0.881. The van der Waals surface area contributed by atoms with Crippen LogP contribution in [0.4, 0.5) is 0 Å². The van der Waals surface area contributed by atoms with Crippen LogP contribution in [0.15, 0.2) is 0 Å². The van der Waals surface area contributed by atoms with Crippen molar-refractivity contribution in [2.45, 2.75) is 19.4 Å². The van der Waals surface area contributed by atoms with E-state index in [0.29, 0.717) is 0 Å². The van der Waals surface area contributed by atoms with Gasteiger partial charge in [0.25, 0.3) is 0 Å². The molecule has 0 aromatic heterocycles. The maximum absolute atomic E-state index is 11.2. The first-order valence-electron chi connectivity index (χ1n) is 4.74. The van der Waals surface area contributed by atoms with Gasteiger partial charge in [-0.05, 0) is 6.92 Å². The summed E-state index contributed by atoms with van der Waals surface area (Å²) in [6, 6.07) is -1.43. The summed E-state index contributed by atoms with van der Waals surface area (Å²) in [5.41, 5.74) is 0. The SMILES string of the molecule is CCOC(=O)C(CC[P+](=O)COC)[N+](=O)[O-]. The highest BCUT2D eigenvalue weighted by Crippen LogP contribution is 2.22. The van der Waals surface area contributed by atoms with E-state index in [1.54, 1.807) is 6.92 Å². The predicted molar refractivity (Wildman–Crippen MR) is 56.4 cm³/mol. The van der Waals surface area contributed by atoms with Gasteiger partial charge in [0.15, 0.2) is 6.16 Å². The molecule has 0 aromatic rings. The Hall–Kier alpha value is -1.07. The van der Waals surface area contributed by atoms with Crippen molar-refractivity contribution in [3.8, 4) is 0 Å². The van der Waals surface area contributed by atoms with E-state index in [4.69, 9.17) is 0 Å². The third kappa shape index (κ3) is 5.72. The summed E-state index contributed by atoms with van der Waals surface area (Å²) in [4.78, 5) is 21.0. The Morgan fingerprint density at radius 1 is 1.56 bits per heavy atom. The number of ether oxygens (including phenoxy) is 2.